The molecule has 0 spiro atoms. The van der Waals surface area contributed by atoms with Crippen molar-refractivity contribution in [2.75, 3.05) is 0 Å². The first-order chi connectivity index (χ1) is 15.0. The molecule has 0 unspecified atom stereocenters. The van der Waals surface area contributed by atoms with Crippen LogP contribution < -0.4 is 16.4 Å². The molecule has 0 aliphatic rings. The highest BCUT2D eigenvalue weighted by molar-refractivity contribution is 6.33. The van der Waals surface area contributed by atoms with Crippen molar-refractivity contribution < 1.29 is 9.59 Å². The molecule has 7 nitrogen and oxygen atoms in total. The number of hydrogen-bond acceptors (Lipinski definition) is 4. The van der Waals surface area contributed by atoms with Gasteiger partial charge in [-0.15, -0.1) is 0 Å². The lowest BCUT2D eigenvalue weighted by molar-refractivity contribution is 0.0839. The number of carbonyl (C=O) groups excluding carboxylic acids is 2. The number of rotatable bonds is 3. The number of benzene rings is 3. The largest absolute Gasteiger partial charge is 0.306 e. The van der Waals surface area contributed by atoms with Crippen molar-refractivity contribution in [2.45, 2.75) is 6.92 Å². The van der Waals surface area contributed by atoms with E-state index in [4.69, 9.17) is 11.6 Å². The maximum atomic E-state index is 13.2. The van der Waals surface area contributed by atoms with Gasteiger partial charge in [0.15, 0.2) is 0 Å². The number of aryl methyl sites for hydroxylation is 1. The molecule has 0 atom stereocenters. The summed E-state index contributed by atoms with van der Waals surface area (Å²) in [4.78, 5) is 42.9. The molecular formula is C23H17ClN4O3. The van der Waals surface area contributed by atoms with Gasteiger partial charge in [-0.25, -0.2) is 4.98 Å². The van der Waals surface area contributed by atoms with Gasteiger partial charge in [-0.1, -0.05) is 53.6 Å². The number of fused-ring (bicyclic) bond motifs is 1. The van der Waals surface area contributed by atoms with Crippen molar-refractivity contribution in [3.8, 4) is 5.69 Å². The standard InChI is InChI=1S/C23H17ClN4O3/c1-14-10-12-15(13-11-14)28-20(25-19-9-5-3-7-17(19)23(28)31)22(30)27-26-21(29)16-6-2-4-8-18(16)24/h2-13H,1H3,(H,26,29)(H,27,30). The van der Waals surface area contributed by atoms with Crippen LogP contribution in [0.4, 0.5) is 0 Å². The third kappa shape index (κ3) is 4.04. The van der Waals surface area contributed by atoms with E-state index in [0.29, 0.717) is 16.6 Å². The Bertz CT molecular complexity index is 1360. The quantitative estimate of drug-likeness (QED) is 0.485. The van der Waals surface area contributed by atoms with Gasteiger partial charge in [0.05, 0.1) is 27.2 Å². The van der Waals surface area contributed by atoms with E-state index in [2.05, 4.69) is 15.8 Å². The monoisotopic (exact) mass is 432 g/mol. The minimum atomic E-state index is -0.746. The molecule has 3 aromatic carbocycles. The van der Waals surface area contributed by atoms with Crippen LogP contribution in [0.25, 0.3) is 16.6 Å². The van der Waals surface area contributed by atoms with Crippen molar-refractivity contribution in [3.05, 3.63) is 105 Å². The lowest BCUT2D eigenvalue weighted by Gasteiger charge is -2.14. The maximum absolute atomic E-state index is 13.2. The number of para-hydroxylation sites is 1. The molecule has 0 aliphatic carbocycles. The van der Waals surface area contributed by atoms with Gasteiger partial charge >= 0.3 is 5.91 Å². The summed E-state index contributed by atoms with van der Waals surface area (Å²) in [5.74, 6) is -1.50. The van der Waals surface area contributed by atoms with Crippen molar-refractivity contribution >= 4 is 34.3 Å². The highest BCUT2D eigenvalue weighted by Gasteiger charge is 2.20. The van der Waals surface area contributed by atoms with Crippen molar-refractivity contribution in [1.82, 2.24) is 20.4 Å². The second kappa shape index (κ2) is 8.41. The summed E-state index contributed by atoms with van der Waals surface area (Å²) in [7, 11) is 0. The van der Waals surface area contributed by atoms with E-state index < -0.39 is 17.4 Å². The average molecular weight is 433 g/mol. The summed E-state index contributed by atoms with van der Waals surface area (Å²) in [6.45, 7) is 1.92. The van der Waals surface area contributed by atoms with Crippen LogP contribution in [0.2, 0.25) is 5.02 Å². The number of carbonyl (C=O) groups is 2. The second-order valence-electron chi connectivity index (χ2n) is 6.82. The first-order valence-electron chi connectivity index (χ1n) is 9.40. The topological polar surface area (TPSA) is 93.1 Å². The molecule has 8 heteroatoms. The Morgan fingerprint density at radius 1 is 0.871 bits per heavy atom. The van der Waals surface area contributed by atoms with Crippen molar-refractivity contribution in [2.24, 2.45) is 0 Å². The van der Waals surface area contributed by atoms with E-state index in [9.17, 15) is 14.4 Å². The predicted molar refractivity (Wildman–Crippen MR) is 118 cm³/mol. The average Bonchev–Trinajstić information content (AvgIpc) is 2.78. The van der Waals surface area contributed by atoms with Crippen LogP contribution in [0, 0.1) is 6.92 Å². The number of hydrogen-bond donors (Lipinski definition) is 2. The van der Waals surface area contributed by atoms with Crippen LogP contribution in [-0.4, -0.2) is 21.4 Å². The van der Waals surface area contributed by atoms with Crippen LogP contribution in [0.3, 0.4) is 0 Å². The molecule has 0 aliphatic heterocycles. The first kappa shape index (κ1) is 20.3. The minimum absolute atomic E-state index is 0.160. The van der Waals surface area contributed by atoms with Gasteiger partial charge in [0.1, 0.15) is 0 Å². The normalized spacial score (nSPS) is 10.6. The van der Waals surface area contributed by atoms with E-state index in [-0.39, 0.29) is 16.4 Å². The number of nitrogens with one attached hydrogen (secondary N) is 2. The van der Waals surface area contributed by atoms with Gasteiger partial charge in [0.25, 0.3) is 11.5 Å². The van der Waals surface area contributed by atoms with Gasteiger partial charge in [-0.3, -0.25) is 29.8 Å². The molecule has 0 saturated heterocycles. The SMILES string of the molecule is Cc1ccc(-n2c(C(=O)NNC(=O)c3ccccc3Cl)nc3ccccc3c2=O)cc1. The van der Waals surface area contributed by atoms with Crippen LogP contribution >= 0.6 is 11.6 Å². The summed E-state index contributed by atoms with van der Waals surface area (Å²) >= 11 is 6.02. The number of nitrogens with zero attached hydrogens (tertiary/aromatic N) is 2. The van der Waals surface area contributed by atoms with Crippen LogP contribution in [-0.2, 0) is 0 Å². The van der Waals surface area contributed by atoms with Crippen molar-refractivity contribution in [1.29, 1.82) is 0 Å². The van der Waals surface area contributed by atoms with Gasteiger partial charge in [-0.05, 0) is 43.3 Å². The number of hydrazine groups is 1. The summed E-state index contributed by atoms with van der Waals surface area (Å²) < 4.78 is 1.22. The molecule has 0 saturated carbocycles. The Balaban J connectivity index is 1.73. The molecule has 0 bridgehead atoms. The first-order valence-corrected chi connectivity index (χ1v) is 9.77. The van der Waals surface area contributed by atoms with Crippen molar-refractivity contribution in [3.63, 3.8) is 0 Å². The molecular weight excluding hydrogens is 416 g/mol. The Morgan fingerprint density at radius 3 is 2.26 bits per heavy atom. The molecule has 0 fully saturated rings. The van der Waals surface area contributed by atoms with Crippen LogP contribution in [0.5, 0.6) is 0 Å². The lowest BCUT2D eigenvalue weighted by atomic mass is 10.2. The minimum Gasteiger partial charge on any atom is -0.268 e. The zero-order chi connectivity index (χ0) is 22.0. The molecule has 4 rings (SSSR count). The van der Waals surface area contributed by atoms with Gasteiger partial charge in [0.2, 0.25) is 5.82 Å². The third-order valence-corrected chi connectivity index (χ3v) is 5.01. The molecule has 1 aromatic heterocycles. The van der Waals surface area contributed by atoms with Gasteiger partial charge in [-0.2, -0.15) is 0 Å². The fourth-order valence-electron chi connectivity index (χ4n) is 3.10. The summed E-state index contributed by atoms with van der Waals surface area (Å²) in [6.07, 6.45) is 0. The van der Waals surface area contributed by atoms with Gasteiger partial charge in [0, 0.05) is 0 Å². The molecule has 31 heavy (non-hydrogen) atoms. The van der Waals surface area contributed by atoms with Crippen LogP contribution in [0.1, 0.15) is 26.5 Å². The number of halogens is 1. The summed E-state index contributed by atoms with van der Waals surface area (Å²) in [5, 5.41) is 0.620. The fourth-order valence-corrected chi connectivity index (χ4v) is 3.32. The predicted octanol–water partition coefficient (Wildman–Crippen LogP) is 3.42. The summed E-state index contributed by atoms with van der Waals surface area (Å²) in [6, 6.07) is 20.3. The third-order valence-electron chi connectivity index (χ3n) is 4.68. The Hall–Kier alpha value is -3.97. The zero-order valence-corrected chi connectivity index (χ0v) is 17.2. The highest BCUT2D eigenvalue weighted by Crippen LogP contribution is 2.15. The number of amides is 2. The van der Waals surface area contributed by atoms with E-state index in [1.807, 2.05) is 19.1 Å². The summed E-state index contributed by atoms with van der Waals surface area (Å²) in [5.41, 5.74) is 6.30. The lowest BCUT2D eigenvalue weighted by Crippen LogP contribution is -2.44. The number of aromatic nitrogens is 2. The Morgan fingerprint density at radius 2 is 1.52 bits per heavy atom. The zero-order valence-electron chi connectivity index (χ0n) is 16.4. The molecule has 2 amide bonds. The molecule has 154 valence electrons. The Kier molecular flexibility index (Phi) is 5.51. The van der Waals surface area contributed by atoms with E-state index in [1.54, 1.807) is 54.6 Å². The Labute approximate surface area is 182 Å². The smallest absolute Gasteiger partial charge is 0.268 e. The molecule has 2 N–H and O–H groups in total. The molecule has 1 heterocycles. The molecule has 4 aromatic rings. The fraction of sp³-hybridized carbons (Fsp3) is 0.0435. The van der Waals surface area contributed by atoms with E-state index in [0.717, 1.165) is 5.56 Å². The maximum Gasteiger partial charge on any atom is 0.306 e. The van der Waals surface area contributed by atoms with Gasteiger partial charge < -0.3 is 0 Å². The van der Waals surface area contributed by atoms with E-state index in [1.165, 1.54) is 10.6 Å². The molecule has 0 radical (unpaired) electrons. The van der Waals surface area contributed by atoms with Crippen LogP contribution in [0.15, 0.2) is 77.6 Å². The van der Waals surface area contributed by atoms with E-state index >= 15 is 0 Å². The highest BCUT2D eigenvalue weighted by atomic mass is 35.5. The second-order valence-corrected chi connectivity index (χ2v) is 7.22.